The van der Waals surface area contributed by atoms with E-state index in [4.69, 9.17) is 5.11 Å². The summed E-state index contributed by atoms with van der Waals surface area (Å²) in [4.78, 5) is 28.6. The molecule has 0 aliphatic heterocycles. The monoisotopic (exact) mass is 225 g/mol. The van der Waals surface area contributed by atoms with Crippen LogP contribution in [0.4, 0.5) is 5.82 Å². The van der Waals surface area contributed by atoms with Gasteiger partial charge in [0.2, 0.25) is 0 Å². The van der Waals surface area contributed by atoms with E-state index in [2.05, 4.69) is 15.3 Å². The van der Waals surface area contributed by atoms with Crippen molar-refractivity contribution in [3.63, 3.8) is 0 Å². The van der Waals surface area contributed by atoms with Gasteiger partial charge in [-0.2, -0.15) is 0 Å². The molecular weight excluding hydrogens is 210 g/mol. The van der Waals surface area contributed by atoms with Gasteiger partial charge in [-0.25, -0.2) is 4.98 Å². The zero-order valence-electron chi connectivity index (χ0n) is 9.44. The number of carbonyl (C=O) groups is 1. The zero-order valence-corrected chi connectivity index (χ0v) is 9.44. The minimum Gasteiger partial charge on any atom is -0.480 e. The van der Waals surface area contributed by atoms with Crippen LogP contribution in [0.25, 0.3) is 0 Å². The fourth-order valence-electron chi connectivity index (χ4n) is 1.11. The molecule has 0 aliphatic carbocycles. The average molecular weight is 225 g/mol. The number of hydrogen-bond donors (Lipinski definition) is 3. The van der Waals surface area contributed by atoms with Gasteiger partial charge in [-0.15, -0.1) is 0 Å². The predicted molar refractivity (Wildman–Crippen MR) is 59.7 cm³/mol. The van der Waals surface area contributed by atoms with Gasteiger partial charge in [0, 0.05) is 12.0 Å². The molecule has 16 heavy (non-hydrogen) atoms. The van der Waals surface area contributed by atoms with Crippen LogP contribution in [-0.4, -0.2) is 27.1 Å². The first-order chi connectivity index (χ1) is 7.40. The maximum absolute atomic E-state index is 11.3. The molecule has 1 aromatic heterocycles. The number of rotatable bonds is 4. The second-order valence-corrected chi connectivity index (χ2v) is 3.87. The van der Waals surface area contributed by atoms with Gasteiger partial charge >= 0.3 is 5.97 Å². The van der Waals surface area contributed by atoms with E-state index >= 15 is 0 Å². The second-order valence-electron chi connectivity index (χ2n) is 3.87. The van der Waals surface area contributed by atoms with Crippen LogP contribution < -0.4 is 10.9 Å². The van der Waals surface area contributed by atoms with Gasteiger partial charge < -0.3 is 15.4 Å². The van der Waals surface area contributed by atoms with Crippen LogP contribution in [0.15, 0.2) is 10.9 Å². The maximum Gasteiger partial charge on any atom is 0.325 e. The average Bonchev–Trinajstić information content (AvgIpc) is 2.16. The Morgan fingerprint density at radius 2 is 2.12 bits per heavy atom. The summed E-state index contributed by atoms with van der Waals surface area (Å²) in [6, 6.07) is 0.458. The quantitative estimate of drug-likeness (QED) is 0.703. The summed E-state index contributed by atoms with van der Waals surface area (Å²) in [6.45, 7) is 5.27. The van der Waals surface area contributed by atoms with Gasteiger partial charge in [-0.3, -0.25) is 9.59 Å². The van der Waals surface area contributed by atoms with Crippen LogP contribution in [0.2, 0.25) is 0 Å². The van der Waals surface area contributed by atoms with E-state index in [1.807, 2.05) is 13.8 Å². The molecule has 1 atom stereocenters. The molecule has 0 aliphatic rings. The number of anilines is 1. The summed E-state index contributed by atoms with van der Waals surface area (Å²) in [7, 11) is 0. The van der Waals surface area contributed by atoms with Crippen LogP contribution in [0, 0.1) is 0 Å². The standard InChI is InChI=1S/C10H15N3O3/c1-5(2)9-12-7(4-8(14)13-9)11-6(3)10(15)16/h4-6H,1-3H3,(H,15,16)(H2,11,12,13,14). The lowest BCUT2D eigenvalue weighted by Crippen LogP contribution is -2.27. The minimum atomic E-state index is -0.992. The van der Waals surface area contributed by atoms with Gasteiger partial charge in [0.1, 0.15) is 17.7 Å². The Labute approximate surface area is 92.7 Å². The molecule has 88 valence electrons. The fourth-order valence-corrected chi connectivity index (χ4v) is 1.11. The molecule has 0 amide bonds. The van der Waals surface area contributed by atoms with Crippen molar-refractivity contribution in [3.05, 3.63) is 22.2 Å². The Kier molecular flexibility index (Phi) is 3.65. The Balaban J connectivity index is 2.97. The first-order valence-electron chi connectivity index (χ1n) is 5.00. The van der Waals surface area contributed by atoms with Crippen molar-refractivity contribution >= 4 is 11.8 Å². The van der Waals surface area contributed by atoms with Crippen molar-refractivity contribution in [1.82, 2.24) is 9.97 Å². The molecule has 0 saturated carbocycles. The Bertz CT molecular complexity index is 439. The highest BCUT2D eigenvalue weighted by atomic mass is 16.4. The van der Waals surface area contributed by atoms with E-state index in [0.717, 1.165) is 0 Å². The number of nitrogens with one attached hydrogen (secondary N) is 2. The van der Waals surface area contributed by atoms with Crippen LogP contribution in [-0.2, 0) is 4.79 Å². The summed E-state index contributed by atoms with van der Waals surface area (Å²) in [5.74, 6) is -0.0994. The highest BCUT2D eigenvalue weighted by molar-refractivity contribution is 5.76. The largest absolute Gasteiger partial charge is 0.480 e. The number of carboxylic acids is 1. The molecule has 0 aromatic carbocycles. The fraction of sp³-hybridized carbons (Fsp3) is 0.500. The first kappa shape index (κ1) is 12.2. The smallest absolute Gasteiger partial charge is 0.325 e. The molecule has 0 bridgehead atoms. The molecule has 1 unspecified atom stereocenters. The number of aromatic amines is 1. The van der Waals surface area contributed by atoms with Crippen molar-refractivity contribution in [2.75, 3.05) is 5.32 Å². The van der Waals surface area contributed by atoms with Gasteiger partial charge in [-0.05, 0) is 6.92 Å². The van der Waals surface area contributed by atoms with Crippen molar-refractivity contribution in [1.29, 1.82) is 0 Å². The summed E-state index contributed by atoms with van der Waals surface area (Å²) >= 11 is 0. The molecule has 3 N–H and O–H groups in total. The molecule has 0 radical (unpaired) electrons. The molecule has 0 fully saturated rings. The number of carboxylic acid groups (broad SMARTS) is 1. The zero-order chi connectivity index (χ0) is 12.3. The third kappa shape index (κ3) is 3.08. The van der Waals surface area contributed by atoms with Gasteiger partial charge in [0.15, 0.2) is 0 Å². The molecule has 0 spiro atoms. The van der Waals surface area contributed by atoms with Crippen LogP contribution >= 0.6 is 0 Å². The lowest BCUT2D eigenvalue weighted by molar-refractivity contribution is -0.137. The van der Waals surface area contributed by atoms with E-state index in [9.17, 15) is 9.59 Å². The molecule has 6 nitrogen and oxygen atoms in total. The number of nitrogens with zero attached hydrogens (tertiary/aromatic N) is 1. The predicted octanol–water partition coefficient (Wildman–Crippen LogP) is 0.778. The van der Waals surface area contributed by atoms with Gasteiger partial charge in [0.05, 0.1) is 0 Å². The van der Waals surface area contributed by atoms with Crippen LogP contribution in [0.1, 0.15) is 32.5 Å². The SMILES string of the molecule is CC(Nc1cc(=O)[nH]c(C(C)C)n1)C(=O)O. The maximum atomic E-state index is 11.3. The lowest BCUT2D eigenvalue weighted by atomic mass is 10.2. The van der Waals surface area contributed by atoms with E-state index in [0.29, 0.717) is 5.82 Å². The summed E-state index contributed by atoms with van der Waals surface area (Å²) in [6.07, 6.45) is 0. The highest BCUT2D eigenvalue weighted by Gasteiger charge is 2.12. The molecular formula is C10H15N3O3. The normalized spacial score (nSPS) is 12.5. The molecule has 0 saturated heterocycles. The number of H-pyrrole nitrogens is 1. The van der Waals surface area contributed by atoms with Crippen molar-refractivity contribution in [2.45, 2.75) is 32.7 Å². The minimum absolute atomic E-state index is 0.0783. The lowest BCUT2D eigenvalue weighted by Gasteiger charge is -2.11. The van der Waals surface area contributed by atoms with Crippen LogP contribution in [0.5, 0.6) is 0 Å². The third-order valence-electron chi connectivity index (χ3n) is 2.04. The van der Waals surface area contributed by atoms with Gasteiger partial charge in [-0.1, -0.05) is 13.8 Å². The van der Waals surface area contributed by atoms with Crippen molar-refractivity contribution in [2.24, 2.45) is 0 Å². The second kappa shape index (κ2) is 4.78. The van der Waals surface area contributed by atoms with E-state index in [1.54, 1.807) is 0 Å². The third-order valence-corrected chi connectivity index (χ3v) is 2.04. The summed E-state index contributed by atoms with van der Waals surface area (Å²) in [5.41, 5.74) is -0.293. The Hall–Kier alpha value is -1.85. The Morgan fingerprint density at radius 1 is 1.50 bits per heavy atom. The topological polar surface area (TPSA) is 95.1 Å². The molecule has 6 heteroatoms. The number of hydrogen-bond acceptors (Lipinski definition) is 4. The molecule has 1 heterocycles. The van der Waals surface area contributed by atoms with E-state index in [-0.39, 0.29) is 17.3 Å². The summed E-state index contributed by atoms with van der Waals surface area (Å²) in [5, 5.41) is 11.4. The molecule has 1 aromatic rings. The highest BCUT2D eigenvalue weighted by Crippen LogP contribution is 2.09. The first-order valence-corrected chi connectivity index (χ1v) is 5.00. The van der Waals surface area contributed by atoms with Crippen molar-refractivity contribution < 1.29 is 9.90 Å². The van der Waals surface area contributed by atoms with E-state index < -0.39 is 12.0 Å². The van der Waals surface area contributed by atoms with E-state index in [1.165, 1.54) is 13.0 Å². The molecule has 1 rings (SSSR count). The number of aliphatic carboxylic acids is 1. The Morgan fingerprint density at radius 3 is 2.62 bits per heavy atom. The van der Waals surface area contributed by atoms with Gasteiger partial charge in [0.25, 0.3) is 5.56 Å². The number of aromatic nitrogens is 2. The van der Waals surface area contributed by atoms with Crippen LogP contribution in [0.3, 0.4) is 0 Å². The van der Waals surface area contributed by atoms with Crippen molar-refractivity contribution in [3.8, 4) is 0 Å². The summed E-state index contributed by atoms with van der Waals surface area (Å²) < 4.78 is 0.